The van der Waals surface area contributed by atoms with Crippen LogP contribution in [0, 0.1) is 17.6 Å². The Morgan fingerprint density at radius 1 is 1.20 bits per heavy atom. The fraction of sp³-hybridized carbons (Fsp3) is 0.111. The molecule has 2 aromatic heterocycles. The maximum Gasteiger partial charge on any atom is 0.272 e. The van der Waals surface area contributed by atoms with Gasteiger partial charge in [-0.15, -0.1) is 0 Å². The number of rotatable bonds is 4. The van der Waals surface area contributed by atoms with Crippen LogP contribution in [0.4, 0.5) is 0 Å². The van der Waals surface area contributed by atoms with Crippen molar-refractivity contribution in [1.82, 2.24) is 9.99 Å². The first-order valence-corrected chi connectivity index (χ1v) is 8.95. The Kier molecular flexibility index (Phi) is 5.29. The number of furan rings is 1. The van der Waals surface area contributed by atoms with Crippen molar-refractivity contribution in [3.63, 3.8) is 0 Å². The number of nitrogens with one attached hydrogen (secondary N) is 1. The van der Waals surface area contributed by atoms with Crippen LogP contribution in [0.2, 0.25) is 5.02 Å². The number of carbonyl (C=O) groups is 1. The summed E-state index contributed by atoms with van der Waals surface area (Å²) in [6.45, 7) is 4.04. The molecule has 0 fully saturated rings. The number of benzene rings is 1. The van der Waals surface area contributed by atoms with Gasteiger partial charge in [-0.1, -0.05) is 11.6 Å². The van der Waals surface area contributed by atoms with E-state index in [4.69, 9.17) is 16.0 Å². The minimum absolute atomic E-state index is 0.360. The summed E-state index contributed by atoms with van der Waals surface area (Å²) in [7, 11) is 0. The largest absolute Gasteiger partial charge is 0.449 e. The van der Waals surface area contributed by atoms with E-state index in [0.717, 1.165) is 20.8 Å². The molecule has 0 unspecified atom stereocenters. The van der Waals surface area contributed by atoms with Crippen LogP contribution < -0.4 is 5.43 Å². The van der Waals surface area contributed by atoms with E-state index in [2.05, 4.69) is 37.7 Å². The first kappa shape index (κ1) is 17.8. The Hall–Kier alpha value is -2.06. The summed E-state index contributed by atoms with van der Waals surface area (Å²) in [4.78, 5) is 12.2. The zero-order valence-corrected chi connectivity index (χ0v) is 16.5. The average molecular weight is 468 g/mol. The van der Waals surface area contributed by atoms with Gasteiger partial charge in [0.1, 0.15) is 5.76 Å². The first-order valence-electron chi connectivity index (χ1n) is 7.49. The molecule has 0 aliphatic rings. The fourth-order valence-corrected chi connectivity index (χ4v) is 3.21. The van der Waals surface area contributed by atoms with Crippen molar-refractivity contribution >= 4 is 46.3 Å². The van der Waals surface area contributed by atoms with Crippen molar-refractivity contribution in [1.29, 1.82) is 0 Å². The van der Waals surface area contributed by atoms with Crippen LogP contribution in [0.1, 0.15) is 27.5 Å². The Morgan fingerprint density at radius 2 is 1.92 bits per heavy atom. The van der Waals surface area contributed by atoms with E-state index in [9.17, 15) is 4.79 Å². The van der Waals surface area contributed by atoms with Gasteiger partial charge in [0.05, 0.1) is 16.8 Å². The lowest BCUT2D eigenvalue weighted by Gasteiger charge is -2.11. The van der Waals surface area contributed by atoms with Gasteiger partial charge in [-0.3, -0.25) is 4.79 Å². The van der Waals surface area contributed by atoms with Crippen molar-refractivity contribution in [2.75, 3.05) is 0 Å². The molecule has 0 saturated heterocycles. The van der Waals surface area contributed by atoms with E-state index in [1.165, 1.54) is 6.21 Å². The number of hydrogen-bond acceptors (Lipinski definition) is 3. The number of nitrogens with zero attached hydrogens (tertiary/aromatic N) is 2. The lowest BCUT2D eigenvalue weighted by Crippen LogP contribution is -2.18. The van der Waals surface area contributed by atoms with Gasteiger partial charge in [0.15, 0.2) is 3.77 Å². The fourth-order valence-electron chi connectivity index (χ4n) is 2.52. The van der Waals surface area contributed by atoms with E-state index >= 15 is 0 Å². The van der Waals surface area contributed by atoms with Crippen molar-refractivity contribution in [2.24, 2.45) is 5.10 Å². The highest BCUT2D eigenvalue weighted by atomic mass is 127. The summed E-state index contributed by atoms with van der Waals surface area (Å²) in [5, 5.41) is 4.25. The normalized spacial score (nSPS) is 11.2. The minimum atomic E-state index is -0.380. The summed E-state index contributed by atoms with van der Waals surface area (Å²) < 4.78 is 8.15. The molecule has 0 aliphatic heterocycles. The smallest absolute Gasteiger partial charge is 0.272 e. The van der Waals surface area contributed by atoms with E-state index in [1.807, 2.05) is 38.1 Å². The molecule has 128 valence electrons. The maximum atomic E-state index is 12.2. The second kappa shape index (κ2) is 7.45. The summed E-state index contributed by atoms with van der Waals surface area (Å²) in [6.07, 6.45) is 1.44. The second-order valence-corrected chi connectivity index (χ2v) is 6.93. The molecule has 2 heterocycles. The molecular weight excluding hydrogens is 453 g/mol. The van der Waals surface area contributed by atoms with Gasteiger partial charge in [-0.05, 0) is 78.9 Å². The predicted octanol–water partition coefficient (Wildman–Crippen LogP) is 4.71. The number of hydrazone groups is 1. The zero-order chi connectivity index (χ0) is 18.0. The van der Waals surface area contributed by atoms with Gasteiger partial charge in [0, 0.05) is 17.1 Å². The van der Waals surface area contributed by atoms with Gasteiger partial charge in [-0.25, -0.2) is 5.43 Å². The molecule has 1 N–H and O–H groups in total. The van der Waals surface area contributed by atoms with Gasteiger partial charge >= 0.3 is 0 Å². The molecule has 0 radical (unpaired) electrons. The topological polar surface area (TPSA) is 59.5 Å². The van der Waals surface area contributed by atoms with Crippen molar-refractivity contribution in [2.45, 2.75) is 13.8 Å². The number of hydrogen-bond donors (Lipinski definition) is 1. The van der Waals surface area contributed by atoms with Gasteiger partial charge in [0.2, 0.25) is 0 Å². The Labute approximate surface area is 163 Å². The molecule has 0 saturated carbocycles. The van der Waals surface area contributed by atoms with Crippen LogP contribution in [-0.2, 0) is 0 Å². The third-order valence-electron chi connectivity index (χ3n) is 3.68. The predicted molar refractivity (Wildman–Crippen MR) is 107 cm³/mol. The van der Waals surface area contributed by atoms with Crippen molar-refractivity contribution in [3.8, 4) is 5.69 Å². The zero-order valence-electron chi connectivity index (χ0n) is 13.6. The lowest BCUT2D eigenvalue weighted by atomic mass is 10.2. The molecule has 3 rings (SSSR count). The van der Waals surface area contributed by atoms with Crippen LogP contribution in [-0.4, -0.2) is 16.7 Å². The van der Waals surface area contributed by atoms with Crippen molar-refractivity contribution in [3.05, 3.63) is 74.0 Å². The van der Waals surface area contributed by atoms with Gasteiger partial charge < -0.3 is 8.98 Å². The van der Waals surface area contributed by atoms with E-state index in [0.29, 0.717) is 16.3 Å². The molecule has 1 amide bonds. The maximum absolute atomic E-state index is 12.2. The molecule has 5 nitrogen and oxygen atoms in total. The standard InChI is InChI=1S/C18H15ClIN3O2/c1-11-3-4-12(2)23(11)13-5-7-15(16(19)9-13)18(24)22-21-10-14-6-8-17(20)25-14/h3-10H,1-2H3,(H,22,24)/b21-10-. The summed E-state index contributed by atoms with van der Waals surface area (Å²) in [5.74, 6) is 0.180. The molecule has 0 bridgehead atoms. The molecular formula is C18H15ClIN3O2. The Morgan fingerprint density at radius 3 is 2.52 bits per heavy atom. The third kappa shape index (κ3) is 3.96. The molecule has 0 atom stereocenters. The molecule has 25 heavy (non-hydrogen) atoms. The highest BCUT2D eigenvalue weighted by Crippen LogP contribution is 2.23. The molecule has 0 aliphatic carbocycles. The van der Waals surface area contributed by atoms with Crippen LogP contribution in [0.25, 0.3) is 5.69 Å². The number of halogens is 2. The van der Waals surface area contributed by atoms with E-state index < -0.39 is 0 Å². The third-order valence-corrected chi connectivity index (χ3v) is 4.57. The lowest BCUT2D eigenvalue weighted by molar-refractivity contribution is 0.0955. The van der Waals surface area contributed by atoms with E-state index in [1.54, 1.807) is 18.2 Å². The van der Waals surface area contributed by atoms with E-state index in [-0.39, 0.29) is 5.91 Å². The highest BCUT2D eigenvalue weighted by Gasteiger charge is 2.12. The monoisotopic (exact) mass is 467 g/mol. The van der Waals surface area contributed by atoms with Gasteiger partial charge in [-0.2, -0.15) is 5.10 Å². The Bertz CT molecular complexity index is 940. The highest BCUT2D eigenvalue weighted by molar-refractivity contribution is 14.1. The quantitative estimate of drug-likeness (QED) is 0.343. The number of aromatic nitrogens is 1. The van der Waals surface area contributed by atoms with Crippen LogP contribution in [0.3, 0.4) is 0 Å². The number of carbonyl (C=O) groups excluding carboxylic acids is 1. The SMILES string of the molecule is Cc1ccc(C)n1-c1ccc(C(=O)N/N=C\c2ccc(I)o2)c(Cl)c1. The number of amides is 1. The average Bonchev–Trinajstić information content (AvgIpc) is 3.12. The summed E-state index contributed by atoms with van der Waals surface area (Å²) >= 11 is 8.36. The minimum Gasteiger partial charge on any atom is -0.449 e. The Balaban J connectivity index is 1.76. The van der Waals surface area contributed by atoms with Crippen molar-refractivity contribution < 1.29 is 9.21 Å². The molecule has 3 aromatic rings. The molecule has 0 spiro atoms. The summed E-state index contributed by atoms with van der Waals surface area (Å²) in [6, 6.07) is 13.0. The second-order valence-electron chi connectivity index (χ2n) is 5.46. The van der Waals surface area contributed by atoms with Crippen LogP contribution in [0.15, 0.2) is 52.0 Å². The first-order chi connectivity index (χ1) is 12.0. The summed E-state index contributed by atoms with van der Waals surface area (Å²) in [5.41, 5.74) is 5.92. The molecule has 1 aromatic carbocycles. The van der Waals surface area contributed by atoms with Crippen LogP contribution in [0.5, 0.6) is 0 Å². The number of aryl methyl sites for hydroxylation is 2. The van der Waals surface area contributed by atoms with Crippen LogP contribution >= 0.6 is 34.2 Å². The van der Waals surface area contributed by atoms with Gasteiger partial charge in [0.25, 0.3) is 5.91 Å². The molecule has 7 heteroatoms.